The predicted molar refractivity (Wildman–Crippen MR) is 93.2 cm³/mol. The van der Waals surface area contributed by atoms with Crippen LogP contribution in [0.3, 0.4) is 0 Å². The molecule has 0 spiro atoms. The second-order valence-electron chi connectivity index (χ2n) is 4.86. The first-order valence-electron chi connectivity index (χ1n) is 7.21. The van der Waals surface area contributed by atoms with E-state index in [1.165, 1.54) is 10.9 Å². The van der Waals surface area contributed by atoms with E-state index in [0.29, 0.717) is 21.9 Å². The van der Waals surface area contributed by atoms with Gasteiger partial charge in [0.15, 0.2) is 12.4 Å². The number of ether oxygens (including phenoxy) is 1. The molecule has 0 aliphatic rings. The molecular formula is C16H13N5O3S. The molecule has 0 fully saturated rings. The molecule has 0 bridgehead atoms. The zero-order valence-corrected chi connectivity index (χ0v) is 13.7. The normalized spacial score (nSPS) is 10.9. The molecule has 25 heavy (non-hydrogen) atoms. The number of rotatable bonds is 6. The van der Waals surface area contributed by atoms with E-state index < -0.39 is 12.6 Å². The van der Waals surface area contributed by atoms with Crippen LogP contribution in [0, 0.1) is 4.77 Å². The Morgan fingerprint density at radius 3 is 2.84 bits per heavy atom. The highest BCUT2D eigenvalue weighted by atomic mass is 32.1. The summed E-state index contributed by atoms with van der Waals surface area (Å²) in [5, 5.41) is 20.0. The number of benzene rings is 1. The highest BCUT2D eigenvalue weighted by Crippen LogP contribution is 2.18. The fraction of sp³-hybridized carbons (Fsp3) is 0.0625. The van der Waals surface area contributed by atoms with E-state index in [0.717, 1.165) is 5.56 Å². The summed E-state index contributed by atoms with van der Waals surface area (Å²) in [6.07, 6.45) is 4.83. The summed E-state index contributed by atoms with van der Waals surface area (Å²) in [5.41, 5.74) is 1.42. The highest BCUT2D eigenvalue weighted by Gasteiger charge is 2.08. The van der Waals surface area contributed by atoms with Crippen molar-refractivity contribution in [1.82, 2.24) is 19.9 Å². The first-order chi connectivity index (χ1) is 12.1. The molecule has 0 atom stereocenters. The Morgan fingerprint density at radius 1 is 1.32 bits per heavy atom. The van der Waals surface area contributed by atoms with E-state index in [9.17, 15) is 4.79 Å². The molecule has 2 N–H and O–H groups in total. The number of aromatic amines is 1. The van der Waals surface area contributed by atoms with Crippen molar-refractivity contribution >= 4 is 24.4 Å². The van der Waals surface area contributed by atoms with Gasteiger partial charge >= 0.3 is 5.97 Å². The molecular weight excluding hydrogens is 342 g/mol. The lowest BCUT2D eigenvalue weighted by molar-refractivity contribution is -0.139. The SMILES string of the molecule is O=C(O)COc1ccccc1C=Nn1c(-c2ccncc2)n[nH]c1=S. The summed E-state index contributed by atoms with van der Waals surface area (Å²) in [6.45, 7) is -0.432. The summed E-state index contributed by atoms with van der Waals surface area (Å²) in [4.78, 5) is 14.7. The van der Waals surface area contributed by atoms with Gasteiger partial charge in [0.1, 0.15) is 5.75 Å². The van der Waals surface area contributed by atoms with Crippen LogP contribution >= 0.6 is 12.2 Å². The molecule has 0 radical (unpaired) electrons. The first-order valence-corrected chi connectivity index (χ1v) is 7.62. The molecule has 1 aromatic carbocycles. The number of carboxylic acids is 1. The number of H-pyrrole nitrogens is 1. The maximum atomic E-state index is 10.7. The molecule has 0 amide bonds. The number of para-hydroxylation sites is 1. The molecule has 0 aliphatic heterocycles. The monoisotopic (exact) mass is 355 g/mol. The van der Waals surface area contributed by atoms with Gasteiger partial charge in [0, 0.05) is 23.5 Å². The standard InChI is InChI=1S/C16H13N5O3S/c22-14(23)10-24-13-4-2-1-3-12(13)9-18-21-15(19-20-16(21)25)11-5-7-17-8-6-11/h1-9H,10H2,(H,20,25)(H,22,23). The minimum absolute atomic E-state index is 0.326. The maximum Gasteiger partial charge on any atom is 0.341 e. The van der Waals surface area contributed by atoms with Crippen molar-refractivity contribution in [2.75, 3.05) is 6.61 Å². The fourth-order valence-corrected chi connectivity index (χ4v) is 2.24. The number of aliphatic carboxylic acids is 1. The molecule has 0 aliphatic carbocycles. The molecule has 3 aromatic rings. The molecule has 126 valence electrons. The van der Waals surface area contributed by atoms with Crippen molar-refractivity contribution < 1.29 is 14.6 Å². The molecule has 0 unspecified atom stereocenters. The molecule has 0 saturated carbocycles. The summed E-state index contributed by atoms with van der Waals surface area (Å²) >= 11 is 5.21. The van der Waals surface area contributed by atoms with Crippen LogP contribution in [-0.2, 0) is 4.79 Å². The minimum Gasteiger partial charge on any atom is -0.481 e. The fourth-order valence-electron chi connectivity index (χ4n) is 2.06. The Labute approximate surface area is 147 Å². The van der Waals surface area contributed by atoms with E-state index in [4.69, 9.17) is 22.1 Å². The number of carboxylic acid groups (broad SMARTS) is 1. The Bertz CT molecular complexity index is 965. The van der Waals surface area contributed by atoms with Crippen molar-refractivity contribution in [2.24, 2.45) is 5.10 Å². The third kappa shape index (κ3) is 3.96. The lowest BCUT2D eigenvalue weighted by atomic mass is 10.2. The van der Waals surface area contributed by atoms with E-state index in [2.05, 4.69) is 20.3 Å². The van der Waals surface area contributed by atoms with Crippen LogP contribution in [-0.4, -0.2) is 43.8 Å². The van der Waals surface area contributed by atoms with Crippen molar-refractivity contribution in [3.05, 3.63) is 59.1 Å². The van der Waals surface area contributed by atoms with Crippen molar-refractivity contribution in [1.29, 1.82) is 0 Å². The number of carbonyl (C=O) groups is 1. The third-order valence-electron chi connectivity index (χ3n) is 3.17. The summed E-state index contributed by atoms with van der Waals surface area (Å²) in [7, 11) is 0. The van der Waals surface area contributed by atoms with E-state index >= 15 is 0 Å². The van der Waals surface area contributed by atoms with Gasteiger partial charge in [0.2, 0.25) is 4.77 Å². The van der Waals surface area contributed by atoms with Gasteiger partial charge in [0.05, 0.1) is 6.21 Å². The van der Waals surface area contributed by atoms with Gasteiger partial charge < -0.3 is 9.84 Å². The Balaban J connectivity index is 1.93. The highest BCUT2D eigenvalue weighted by molar-refractivity contribution is 7.71. The Hall–Kier alpha value is -3.33. The number of aromatic nitrogens is 4. The lowest BCUT2D eigenvalue weighted by Gasteiger charge is -2.06. The quantitative estimate of drug-likeness (QED) is 0.519. The molecule has 2 aromatic heterocycles. The number of nitrogens with one attached hydrogen (secondary N) is 1. The number of hydrogen-bond acceptors (Lipinski definition) is 6. The van der Waals surface area contributed by atoms with Crippen LogP contribution in [0.2, 0.25) is 0 Å². The summed E-state index contributed by atoms with van der Waals surface area (Å²) < 4.78 is 7.05. The van der Waals surface area contributed by atoms with Crippen molar-refractivity contribution in [3.8, 4) is 17.1 Å². The van der Waals surface area contributed by atoms with Gasteiger partial charge in [-0.25, -0.2) is 9.89 Å². The maximum absolute atomic E-state index is 10.7. The first kappa shape index (κ1) is 16.5. The Kier molecular flexibility index (Phi) is 4.95. The molecule has 3 rings (SSSR count). The van der Waals surface area contributed by atoms with Crippen LogP contribution in [0.25, 0.3) is 11.4 Å². The molecule has 2 heterocycles. The van der Waals surface area contributed by atoms with Crippen LogP contribution < -0.4 is 4.74 Å². The molecule has 8 nitrogen and oxygen atoms in total. The van der Waals surface area contributed by atoms with Gasteiger partial charge in [-0.05, 0) is 36.5 Å². The van der Waals surface area contributed by atoms with Crippen LogP contribution in [0.15, 0.2) is 53.9 Å². The van der Waals surface area contributed by atoms with Gasteiger partial charge in [-0.3, -0.25) is 4.98 Å². The number of nitrogens with zero attached hydrogens (tertiary/aromatic N) is 4. The second kappa shape index (κ2) is 7.49. The van der Waals surface area contributed by atoms with Gasteiger partial charge in [-0.1, -0.05) is 12.1 Å². The zero-order chi connectivity index (χ0) is 17.6. The smallest absolute Gasteiger partial charge is 0.341 e. The van der Waals surface area contributed by atoms with E-state index in [1.807, 2.05) is 0 Å². The molecule has 9 heteroatoms. The van der Waals surface area contributed by atoms with Gasteiger partial charge in [-0.15, -0.1) is 0 Å². The van der Waals surface area contributed by atoms with Gasteiger partial charge in [0.25, 0.3) is 0 Å². The largest absolute Gasteiger partial charge is 0.481 e. The van der Waals surface area contributed by atoms with Crippen LogP contribution in [0.1, 0.15) is 5.56 Å². The topological polar surface area (TPSA) is 105 Å². The van der Waals surface area contributed by atoms with Gasteiger partial charge in [-0.2, -0.15) is 14.9 Å². The zero-order valence-electron chi connectivity index (χ0n) is 12.9. The average molecular weight is 355 g/mol. The second-order valence-corrected chi connectivity index (χ2v) is 5.25. The third-order valence-corrected chi connectivity index (χ3v) is 3.44. The summed E-state index contributed by atoms with van der Waals surface area (Å²) in [6, 6.07) is 10.6. The predicted octanol–water partition coefficient (Wildman–Crippen LogP) is 2.35. The lowest BCUT2D eigenvalue weighted by Crippen LogP contribution is -2.10. The minimum atomic E-state index is -1.05. The van der Waals surface area contributed by atoms with Crippen LogP contribution in [0.5, 0.6) is 5.75 Å². The van der Waals surface area contributed by atoms with Crippen molar-refractivity contribution in [2.45, 2.75) is 0 Å². The van der Waals surface area contributed by atoms with E-state index in [-0.39, 0.29) is 0 Å². The number of hydrogen-bond donors (Lipinski definition) is 2. The van der Waals surface area contributed by atoms with Crippen LogP contribution in [0.4, 0.5) is 0 Å². The average Bonchev–Trinajstić information content (AvgIpc) is 3.00. The molecule has 0 saturated heterocycles. The summed E-state index contributed by atoms with van der Waals surface area (Å²) in [5.74, 6) is -0.106. The Morgan fingerprint density at radius 2 is 2.08 bits per heavy atom. The van der Waals surface area contributed by atoms with Crippen molar-refractivity contribution in [3.63, 3.8) is 0 Å². The number of pyridine rings is 1. The van der Waals surface area contributed by atoms with E-state index in [1.54, 1.807) is 48.8 Å².